The average Bonchev–Trinajstić information content (AvgIpc) is 2.42. The summed E-state index contributed by atoms with van der Waals surface area (Å²) in [6.07, 6.45) is 4.08. The van der Waals surface area contributed by atoms with Gasteiger partial charge in [0.1, 0.15) is 0 Å². The summed E-state index contributed by atoms with van der Waals surface area (Å²) in [4.78, 5) is 17.9. The minimum absolute atomic E-state index is 0.291. The molecular weight excluding hydrogens is 163 g/mol. The summed E-state index contributed by atoms with van der Waals surface area (Å²) >= 11 is 0. The van der Waals surface area contributed by atoms with Gasteiger partial charge in [0.2, 0.25) is 0 Å². The number of fused-ring (bicyclic) bond motifs is 2. The van der Waals surface area contributed by atoms with Gasteiger partial charge in [0.05, 0.1) is 5.66 Å². The van der Waals surface area contributed by atoms with Crippen LogP contribution in [-0.4, -0.2) is 15.4 Å². The van der Waals surface area contributed by atoms with E-state index in [4.69, 9.17) is 9.79 Å². The van der Waals surface area contributed by atoms with Crippen molar-refractivity contribution in [2.45, 2.75) is 31.3 Å². The molecule has 0 spiro atoms. The van der Waals surface area contributed by atoms with E-state index in [0.29, 0.717) is 11.8 Å². The van der Waals surface area contributed by atoms with Crippen molar-refractivity contribution in [3.05, 3.63) is 0 Å². The topological polar surface area (TPSA) is 57.5 Å². The van der Waals surface area contributed by atoms with Crippen LogP contribution >= 0.6 is 7.60 Å². The van der Waals surface area contributed by atoms with Crippen LogP contribution in [0.3, 0.4) is 0 Å². The zero-order chi connectivity index (χ0) is 8.06. The summed E-state index contributed by atoms with van der Waals surface area (Å²) in [5, 5.41) is 0. The molecule has 0 heterocycles. The van der Waals surface area contributed by atoms with Gasteiger partial charge >= 0.3 is 7.60 Å². The van der Waals surface area contributed by atoms with Crippen LogP contribution in [0.4, 0.5) is 0 Å². The van der Waals surface area contributed by atoms with Crippen LogP contribution in [0.2, 0.25) is 0 Å². The molecule has 0 unspecified atom stereocenters. The minimum Gasteiger partial charge on any atom is -0.324 e. The molecule has 0 aromatic carbocycles. The summed E-state index contributed by atoms with van der Waals surface area (Å²) in [5.41, 5.74) is -0.291. The molecule has 2 N–H and O–H groups in total. The highest BCUT2D eigenvalue weighted by Gasteiger charge is 2.47. The van der Waals surface area contributed by atoms with Gasteiger partial charge in [0.15, 0.2) is 0 Å². The molecule has 0 amide bonds. The molecule has 0 aromatic heterocycles. The lowest BCUT2D eigenvalue weighted by Crippen LogP contribution is -2.16. The van der Waals surface area contributed by atoms with Gasteiger partial charge < -0.3 is 9.79 Å². The fraction of sp³-hybridized carbons (Fsp3) is 1.00. The van der Waals surface area contributed by atoms with Gasteiger partial charge in [-0.2, -0.15) is 0 Å². The van der Waals surface area contributed by atoms with E-state index in [0.717, 1.165) is 19.3 Å². The first-order chi connectivity index (χ1) is 5.07. The largest absolute Gasteiger partial charge is 0.328 e. The van der Waals surface area contributed by atoms with Crippen molar-refractivity contribution in [2.75, 3.05) is 0 Å². The molecule has 64 valence electrons. The first-order valence-corrected chi connectivity index (χ1v) is 5.81. The molecule has 0 aromatic rings. The van der Waals surface area contributed by atoms with Crippen LogP contribution in [0.1, 0.15) is 25.7 Å². The van der Waals surface area contributed by atoms with Gasteiger partial charge in [-0.1, -0.05) is 6.42 Å². The number of hydrogen-bond acceptors (Lipinski definition) is 1. The van der Waals surface area contributed by atoms with Crippen LogP contribution < -0.4 is 0 Å². The Bertz CT molecular complexity index is 210. The van der Waals surface area contributed by atoms with Crippen molar-refractivity contribution in [1.82, 2.24) is 0 Å². The summed E-state index contributed by atoms with van der Waals surface area (Å²) in [7, 11) is -3.76. The summed E-state index contributed by atoms with van der Waals surface area (Å²) in [6, 6.07) is 0. The lowest BCUT2D eigenvalue weighted by atomic mass is 10.0. The van der Waals surface area contributed by atoms with Crippen LogP contribution in [0.15, 0.2) is 0 Å². The lowest BCUT2D eigenvalue weighted by molar-refractivity contribution is 0.330. The average molecular weight is 176 g/mol. The molecular formula is C7H13O3P. The SMILES string of the molecule is O=P(O)(O)[C@@H]1C[C@H]2CC[C@@H]1C2. The maximum Gasteiger partial charge on any atom is 0.328 e. The Balaban J connectivity index is 2.14. The molecule has 0 radical (unpaired) electrons. The smallest absolute Gasteiger partial charge is 0.324 e. The molecule has 2 saturated carbocycles. The standard InChI is InChI=1S/C7H13O3P/c8-11(9,10)7-4-5-1-2-6(7)3-5/h5-7H,1-4H2,(H2,8,9,10)/t5-,6+,7+/m0/s1. The van der Waals surface area contributed by atoms with Crippen molar-refractivity contribution < 1.29 is 14.4 Å². The Morgan fingerprint density at radius 3 is 2.18 bits per heavy atom. The van der Waals surface area contributed by atoms with E-state index < -0.39 is 7.60 Å². The van der Waals surface area contributed by atoms with E-state index in [1.807, 2.05) is 0 Å². The van der Waals surface area contributed by atoms with Crippen LogP contribution in [0.5, 0.6) is 0 Å². The van der Waals surface area contributed by atoms with E-state index in [-0.39, 0.29) is 5.66 Å². The second-order valence-electron chi connectivity index (χ2n) is 3.83. The molecule has 4 heteroatoms. The molecule has 0 saturated heterocycles. The first kappa shape index (κ1) is 7.78. The predicted molar refractivity (Wildman–Crippen MR) is 41.3 cm³/mol. The Labute approximate surface area is 66.0 Å². The van der Waals surface area contributed by atoms with Gasteiger partial charge in [0.25, 0.3) is 0 Å². The van der Waals surface area contributed by atoms with Crippen LogP contribution in [-0.2, 0) is 4.57 Å². The van der Waals surface area contributed by atoms with Gasteiger partial charge in [-0.3, -0.25) is 4.57 Å². The fourth-order valence-electron chi connectivity index (χ4n) is 2.62. The van der Waals surface area contributed by atoms with Crippen LogP contribution in [0, 0.1) is 11.8 Å². The highest BCUT2D eigenvalue weighted by atomic mass is 31.2. The van der Waals surface area contributed by atoms with Gasteiger partial charge in [-0.05, 0) is 31.1 Å². The van der Waals surface area contributed by atoms with Crippen molar-refractivity contribution in [1.29, 1.82) is 0 Å². The molecule has 2 aliphatic carbocycles. The Morgan fingerprint density at radius 2 is 1.91 bits per heavy atom. The maximum absolute atomic E-state index is 10.9. The molecule has 0 aliphatic heterocycles. The van der Waals surface area contributed by atoms with Crippen molar-refractivity contribution >= 4 is 7.60 Å². The number of rotatable bonds is 1. The van der Waals surface area contributed by atoms with Gasteiger partial charge in [0, 0.05) is 0 Å². The summed E-state index contributed by atoms with van der Waals surface area (Å²) in [6.45, 7) is 0. The van der Waals surface area contributed by atoms with E-state index >= 15 is 0 Å². The summed E-state index contributed by atoms with van der Waals surface area (Å²) < 4.78 is 10.9. The second-order valence-corrected chi connectivity index (χ2v) is 5.67. The zero-order valence-corrected chi connectivity index (χ0v) is 7.20. The molecule has 2 fully saturated rings. The highest BCUT2D eigenvalue weighted by Crippen LogP contribution is 2.59. The Hall–Kier alpha value is 0.150. The fourth-order valence-corrected chi connectivity index (χ4v) is 4.02. The zero-order valence-electron chi connectivity index (χ0n) is 6.31. The molecule has 11 heavy (non-hydrogen) atoms. The third kappa shape index (κ3) is 1.26. The molecule has 2 bridgehead atoms. The molecule has 3 nitrogen and oxygen atoms in total. The van der Waals surface area contributed by atoms with E-state index in [1.54, 1.807) is 0 Å². The number of hydrogen-bond donors (Lipinski definition) is 2. The van der Waals surface area contributed by atoms with Crippen molar-refractivity contribution in [3.63, 3.8) is 0 Å². The predicted octanol–water partition coefficient (Wildman–Crippen LogP) is 1.35. The van der Waals surface area contributed by atoms with Gasteiger partial charge in [-0.15, -0.1) is 0 Å². The minimum atomic E-state index is -3.76. The lowest BCUT2D eigenvalue weighted by Gasteiger charge is -2.21. The first-order valence-electron chi connectivity index (χ1n) is 4.12. The van der Waals surface area contributed by atoms with E-state index in [9.17, 15) is 4.57 Å². The third-order valence-corrected chi connectivity index (χ3v) is 4.63. The monoisotopic (exact) mass is 176 g/mol. The maximum atomic E-state index is 10.9. The third-order valence-electron chi connectivity index (χ3n) is 3.13. The van der Waals surface area contributed by atoms with Crippen molar-refractivity contribution in [3.8, 4) is 0 Å². The van der Waals surface area contributed by atoms with Crippen molar-refractivity contribution in [2.24, 2.45) is 11.8 Å². The second kappa shape index (κ2) is 2.32. The molecule has 3 atom stereocenters. The summed E-state index contributed by atoms with van der Waals surface area (Å²) in [5.74, 6) is 0.957. The Morgan fingerprint density at radius 1 is 1.18 bits per heavy atom. The van der Waals surface area contributed by atoms with Gasteiger partial charge in [-0.25, -0.2) is 0 Å². The normalized spacial score (nSPS) is 43.3. The van der Waals surface area contributed by atoms with Crippen LogP contribution in [0.25, 0.3) is 0 Å². The molecule has 2 rings (SSSR count). The Kier molecular flexibility index (Phi) is 1.64. The quantitative estimate of drug-likeness (QED) is 0.593. The molecule has 2 aliphatic rings. The van der Waals surface area contributed by atoms with E-state index in [1.165, 1.54) is 6.42 Å². The van der Waals surface area contributed by atoms with E-state index in [2.05, 4.69) is 0 Å². The highest BCUT2D eigenvalue weighted by molar-refractivity contribution is 7.52.